The zero-order chi connectivity index (χ0) is 11.8. The van der Waals surface area contributed by atoms with Crippen molar-refractivity contribution in [2.75, 3.05) is 18.0 Å². The van der Waals surface area contributed by atoms with E-state index in [-0.39, 0.29) is 5.92 Å². The number of rotatable bonds is 3. The molecule has 0 bridgehead atoms. The van der Waals surface area contributed by atoms with Gasteiger partial charge in [-0.05, 0) is 25.7 Å². The minimum atomic E-state index is -0.687. The number of hydrogen-bond donors (Lipinski definition) is 2. The van der Waals surface area contributed by atoms with Gasteiger partial charge in [0.15, 0.2) is 5.82 Å². The second-order valence-electron chi connectivity index (χ2n) is 5.08. The first-order valence-electron chi connectivity index (χ1n) is 6.27. The molecule has 5 nitrogen and oxygen atoms in total. The van der Waals surface area contributed by atoms with Crippen LogP contribution in [0, 0.1) is 5.92 Å². The number of nitrogens with zero attached hydrogens (tertiary/aromatic N) is 2. The molecule has 1 aliphatic heterocycles. The zero-order valence-electron chi connectivity index (χ0n) is 9.72. The van der Waals surface area contributed by atoms with Gasteiger partial charge in [0.05, 0.1) is 5.92 Å². The van der Waals surface area contributed by atoms with Gasteiger partial charge in [0.25, 0.3) is 0 Å². The molecule has 1 aromatic heterocycles. The maximum Gasteiger partial charge on any atom is 0.308 e. The number of hydrogen-bond acceptors (Lipinski definition) is 3. The lowest BCUT2D eigenvalue weighted by atomic mass is 9.98. The third kappa shape index (κ3) is 2.14. The van der Waals surface area contributed by atoms with E-state index in [1.165, 1.54) is 18.5 Å². The summed E-state index contributed by atoms with van der Waals surface area (Å²) in [6, 6.07) is 2.09. The number of aliphatic carboxylic acids is 1. The van der Waals surface area contributed by atoms with Crippen LogP contribution in [0.5, 0.6) is 0 Å². The molecule has 2 heterocycles. The normalized spacial score (nSPS) is 24.9. The second-order valence-corrected chi connectivity index (χ2v) is 5.08. The number of anilines is 1. The molecule has 2 N–H and O–H groups in total. The molecule has 17 heavy (non-hydrogen) atoms. The maximum atomic E-state index is 11.0. The molecule has 2 aliphatic rings. The largest absolute Gasteiger partial charge is 0.481 e. The average molecular weight is 235 g/mol. The molecular weight excluding hydrogens is 218 g/mol. The Hall–Kier alpha value is -1.52. The Bertz CT molecular complexity index is 425. The monoisotopic (exact) mass is 235 g/mol. The molecule has 1 atom stereocenters. The standard InChI is InChI=1S/C12H17N3O2/c16-12(17)9-2-1-5-15(7-9)11-6-10(13-14-11)8-3-4-8/h6,8-9H,1-5,7H2,(H,13,14)(H,16,17)/t9-/m0/s1. The minimum Gasteiger partial charge on any atom is -0.481 e. The fourth-order valence-electron chi connectivity index (χ4n) is 2.48. The molecule has 1 aliphatic carbocycles. The molecule has 2 fully saturated rings. The summed E-state index contributed by atoms with van der Waals surface area (Å²) >= 11 is 0. The van der Waals surface area contributed by atoms with Gasteiger partial charge in [-0.25, -0.2) is 0 Å². The highest BCUT2D eigenvalue weighted by molar-refractivity contribution is 5.71. The number of carboxylic acids is 1. The summed E-state index contributed by atoms with van der Waals surface area (Å²) in [7, 11) is 0. The predicted molar refractivity (Wildman–Crippen MR) is 63.1 cm³/mol. The van der Waals surface area contributed by atoms with Crippen molar-refractivity contribution in [2.45, 2.75) is 31.6 Å². The van der Waals surface area contributed by atoms with Crippen LogP contribution >= 0.6 is 0 Å². The van der Waals surface area contributed by atoms with E-state index in [1.54, 1.807) is 0 Å². The van der Waals surface area contributed by atoms with E-state index in [4.69, 9.17) is 5.11 Å². The van der Waals surface area contributed by atoms with E-state index >= 15 is 0 Å². The Balaban J connectivity index is 1.71. The second kappa shape index (κ2) is 4.05. The summed E-state index contributed by atoms with van der Waals surface area (Å²) in [5.41, 5.74) is 1.21. The first-order chi connectivity index (χ1) is 8.24. The van der Waals surface area contributed by atoms with Crippen molar-refractivity contribution in [1.82, 2.24) is 10.2 Å². The van der Waals surface area contributed by atoms with Gasteiger partial charge >= 0.3 is 5.97 Å². The number of aromatic nitrogens is 2. The van der Waals surface area contributed by atoms with Crippen molar-refractivity contribution >= 4 is 11.8 Å². The van der Waals surface area contributed by atoms with Crippen LogP contribution in [0.2, 0.25) is 0 Å². The molecule has 0 amide bonds. The third-order valence-corrected chi connectivity index (χ3v) is 3.70. The van der Waals surface area contributed by atoms with Gasteiger partial charge in [0, 0.05) is 30.8 Å². The molecule has 3 rings (SSSR count). The topological polar surface area (TPSA) is 69.2 Å². The van der Waals surface area contributed by atoms with Crippen molar-refractivity contribution < 1.29 is 9.90 Å². The number of nitrogens with one attached hydrogen (secondary N) is 1. The molecule has 1 saturated heterocycles. The van der Waals surface area contributed by atoms with Crippen LogP contribution in [0.1, 0.15) is 37.3 Å². The first kappa shape index (κ1) is 10.6. The highest BCUT2D eigenvalue weighted by Gasteiger charge is 2.29. The summed E-state index contributed by atoms with van der Waals surface area (Å²) < 4.78 is 0. The van der Waals surface area contributed by atoms with E-state index < -0.39 is 5.97 Å². The van der Waals surface area contributed by atoms with Crippen molar-refractivity contribution in [3.05, 3.63) is 11.8 Å². The van der Waals surface area contributed by atoms with Crippen molar-refractivity contribution in [3.8, 4) is 0 Å². The Morgan fingerprint density at radius 2 is 2.29 bits per heavy atom. The number of piperidine rings is 1. The first-order valence-corrected chi connectivity index (χ1v) is 6.27. The van der Waals surface area contributed by atoms with Crippen molar-refractivity contribution in [2.24, 2.45) is 5.92 Å². The van der Waals surface area contributed by atoms with Crippen molar-refractivity contribution in [1.29, 1.82) is 0 Å². The Kier molecular flexibility index (Phi) is 2.53. The fraction of sp³-hybridized carbons (Fsp3) is 0.667. The molecule has 5 heteroatoms. The van der Waals surface area contributed by atoms with E-state index in [0.717, 1.165) is 25.2 Å². The minimum absolute atomic E-state index is 0.246. The summed E-state index contributed by atoms with van der Waals surface area (Å²) in [6.07, 6.45) is 4.22. The lowest BCUT2D eigenvalue weighted by Crippen LogP contribution is -2.38. The van der Waals surface area contributed by atoms with Gasteiger partial charge < -0.3 is 10.0 Å². The molecule has 0 unspecified atom stereocenters. The summed E-state index contributed by atoms with van der Waals surface area (Å²) in [5, 5.41) is 16.4. The molecule has 1 aromatic rings. The van der Waals surface area contributed by atoms with Crippen molar-refractivity contribution in [3.63, 3.8) is 0 Å². The number of H-pyrrole nitrogens is 1. The molecule has 0 spiro atoms. The number of carbonyl (C=O) groups is 1. The quantitative estimate of drug-likeness (QED) is 0.834. The van der Waals surface area contributed by atoms with Gasteiger partial charge in [0.1, 0.15) is 0 Å². The van der Waals surface area contributed by atoms with Crippen LogP contribution in [-0.4, -0.2) is 34.4 Å². The lowest BCUT2D eigenvalue weighted by Gasteiger charge is -2.30. The number of carboxylic acid groups (broad SMARTS) is 1. The zero-order valence-corrected chi connectivity index (χ0v) is 9.72. The van der Waals surface area contributed by atoms with Gasteiger partial charge in [-0.15, -0.1) is 0 Å². The molecule has 92 valence electrons. The predicted octanol–water partition coefficient (Wildman–Crippen LogP) is 1.59. The highest BCUT2D eigenvalue weighted by atomic mass is 16.4. The third-order valence-electron chi connectivity index (χ3n) is 3.70. The Morgan fingerprint density at radius 1 is 1.47 bits per heavy atom. The van der Waals surface area contributed by atoms with Crippen LogP contribution in [0.15, 0.2) is 6.07 Å². The van der Waals surface area contributed by atoms with E-state index in [2.05, 4.69) is 21.2 Å². The molecular formula is C12H17N3O2. The Morgan fingerprint density at radius 3 is 3.00 bits per heavy atom. The average Bonchev–Trinajstić information content (AvgIpc) is 3.07. The van der Waals surface area contributed by atoms with Gasteiger partial charge in [-0.3, -0.25) is 9.89 Å². The molecule has 0 radical (unpaired) electrons. The van der Waals surface area contributed by atoms with Gasteiger partial charge in [0.2, 0.25) is 0 Å². The smallest absolute Gasteiger partial charge is 0.308 e. The van der Waals surface area contributed by atoms with Gasteiger partial charge in [-0.1, -0.05) is 0 Å². The molecule has 0 aromatic carbocycles. The summed E-state index contributed by atoms with van der Waals surface area (Å²) in [6.45, 7) is 1.50. The van der Waals surface area contributed by atoms with Crippen LogP contribution in [0.25, 0.3) is 0 Å². The van der Waals surface area contributed by atoms with E-state index in [9.17, 15) is 4.79 Å². The van der Waals surface area contributed by atoms with Crippen LogP contribution in [0.4, 0.5) is 5.82 Å². The molecule has 1 saturated carbocycles. The van der Waals surface area contributed by atoms with Crippen LogP contribution < -0.4 is 4.90 Å². The Labute approximate surface area is 99.8 Å². The maximum absolute atomic E-state index is 11.0. The van der Waals surface area contributed by atoms with E-state index in [0.29, 0.717) is 12.5 Å². The highest BCUT2D eigenvalue weighted by Crippen LogP contribution is 2.40. The fourth-order valence-corrected chi connectivity index (χ4v) is 2.48. The summed E-state index contributed by atoms with van der Waals surface area (Å²) in [5.74, 6) is 0.645. The van der Waals surface area contributed by atoms with Gasteiger partial charge in [-0.2, -0.15) is 5.10 Å². The van der Waals surface area contributed by atoms with Crippen LogP contribution in [-0.2, 0) is 4.79 Å². The summed E-state index contributed by atoms with van der Waals surface area (Å²) in [4.78, 5) is 13.1. The lowest BCUT2D eigenvalue weighted by molar-refractivity contribution is -0.141. The van der Waals surface area contributed by atoms with Crippen LogP contribution in [0.3, 0.4) is 0 Å². The number of aromatic amines is 1. The SMILES string of the molecule is O=C(O)[C@H]1CCCN(c2cc(C3CC3)[nH]n2)C1. The van der Waals surface area contributed by atoms with E-state index in [1.807, 2.05) is 0 Å².